The number of rotatable bonds is 3. The molecule has 0 bridgehead atoms. The van der Waals surface area contributed by atoms with E-state index in [1.807, 2.05) is 24.3 Å². The maximum absolute atomic E-state index is 11.9. The average Bonchev–Trinajstić information content (AvgIpc) is 2.38. The maximum atomic E-state index is 11.9. The molecule has 1 aliphatic heterocycles. The number of piperidine rings is 1. The predicted octanol–water partition coefficient (Wildman–Crippen LogP) is 2.49. The monoisotopic (exact) mass is 332 g/mol. The van der Waals surface area contributed by atoms with Crippen LogP contribution < -0.4 is 10.6 Å². The summed E-state index contributed by atoms with van der Waals surface area (Å²) < 4.78 is 1.04. The zero-order chi connectivity index (χ0) is 12.1. The Bertz CT molecular complexity index is 394. The van der Waals surface area contributed by atoms with E-state index in [2.05, 4.69) is 26.6 Å². The van der Waals surface area contributed by atoms with Crippen molar-refractivity contribution >= 4 is 34.2 Å². The number of halogens is 2. The highest BCUT2D eigenvalue weighted by atomic mass is 79.9. The van der Waals surface area contributed by atoms with Gasteiger partial charge in [0, 0.05) is 17.6 Å². The molecule has 0 saturated carbocycles. The molecule has 0 unspecified atom stereocenters. The van der Waals surface area contributed by atoms with Crippen molar-refractivity contribution in [2.45, 2.75) is 19.4 Å². The fourth-order valence-corrected chi connectivity index (χ4v) is 2.47. The highest BCUT2D eigenvalue weighted by Crippen LogP contribution is 2.16. The van der Waals surface area contributed by atoms with Gasteiger partial charge in [0.1, 0.15) is 0 Å². The number of nitrogens with one attached hydrogen (secondary N) is 2. The van der Waals surface area contributed by atoms with Crippen LogP contribution in [0.4, 0.5) is 0 Å². The summed E-state index contributed by atoms with van der Waals surface area (Å²) in [5.74, 6) is 0.291. The van der Waals surface area contributed by atoms with Gasteiger partial charge in [-0.15, -0.1) is 12.4 Å². The molecule has 2 rings (SSSR count). The Hall–Kier alpha value is -0.580. The van der Waals surface area contributed by atoms with Gasteiger partial charge in [-0.1, -0.05) is 34.1 Å². The molecule has 1 amide bonds. The molecule has 1 saturated heterocycles. The van der Waals surface area contributed by atoms with Crippen LogP contribution in [0.1, 0.15) is 18.4 Å². The van der Waals surface area contributed by atoms with Crippen LogP contribution >= 0.6 is 28.3 Å². The Kier molecular flexibility index (Phi) is 6.68. The lowest BCUT2D eigenvalue weighted by Crippen LogP contribution is -2.40. The van der Waals surface area contributed by atoms with Gasteiger partial charge in [0.05, 0.1) is 5.92 Å². The van der Waals surface area contributed by atoms with E-state index in [9.17, 15) is 4.79 Å². The van der Waals surface area contributed by atoms with Gasteiger partial charge in [-0.05, 0) is 31.0 Å². The molecule has 0 aliphatic carbocycles. The minimum atomic E-state index is 0. The molecule has 1 heterocycles. The van der Waals surface area contributed by atoms with Gasteiger partial charge in [-0.2, -0.15) is 0 Å². The quantitative estimate of drug-likeness (QED) is 0.892. The molecule has 1 aromatic rings. The number of carbonyl (C=O) groups is 1. The summed E-state index contributed by atoms with van der Waals surface area (Å²) in [4.78, 5) is 11.9. The minimum Gasteiger partial charge on any atom is -0.352 e. The van der Waals surface area contributed by atoms with Crippen molar-refractivity contribution in [1.82, 2.24) is 10.6 Å². The lowest BCUT2D eigenvalue weighted by atomic mass is 9.99. The molecule has 0 aromatic heterocycles. The number of carbonyl (C=O) groups excluding carboxylic acids is 1. The molecule has 1 aromatic carbocycles. The standard InChI is InChI=1S/C13H17BrN2O.ClH/c14-12-6-2-1-4-10(12)9-16-13(17)11-5-3-7-15-8-11;/h1-2,4,6,11,15H,3,5,7-9H2,(H,16,17);1H/t11-;/m1./s1. The third-order valence-electron chi connectivity index (χ3n) is 3.08. The van der Waals surface area contributed by atoms with Crippen LogP contribution in [0.25, 0.3) is 0 Å². The van der Waals surface area contributed by atoms with Gasteiger partial charge in [0.15, 0.2) is 0 Å². The van der Waals surface area contributed by atoms with Crippen LogP contribution in [-0.4, -0.2) is 19.0 Å². The van der Waals surface area contributed by atoms with E-state index < -0.39 is 0 Å². The molecule has 5 heteroatoms. The lowest BCUT2D eigenvalue weighted by molar-refractivity contribution is -0.125. The molecule has 3 nitrogen and oxygen atoms in total. The van der Waals surface area contributed by atoms with Gasteiger partial charge < -0.3 is 10.6 Å². The van der Waals surface area contributed by atoms with Gasteiger partial charge in [-0.3, -0.25) is 4.79 Å². The highest BCUT2D eigenvalue weighted by Gasteiger charge is 2.20. The zero-order valence-corrected chi connectivity index (χ0v) is 12.5. The minimum absolute atomic E-state index is 0. The van der Waals surface area contributed by atoms with Crippen LogP contribution in [0.2, 0.25) is 0 Å². The van der Waals surface area contributed by atoms with E-state index in [1.54, 1.807) is 0 Å². The second-order valence-electron chi connectivity index (χ2n) is 4.35. The zero-order valence-electron chi connectivity index (χ0n) is 10.1. The van der Waals surface area contributed by atoms with E-state index in [4.69, 9.17) is 0 Å². The van der Waals surface area contributed by atoms with Crippen molar-refractivity contribution in [3.05, 3.63) is 34.3 Å². The first kappa shape index (κ1) is 15.5. The van der Waals surface area contributed by atoms with Gasteiger partial charge in [0.2, 0.25) is 5.91 Å². The molecule has 1 aliphatic rings. The van der Waals surface area contributed by atoms with E-state index in [1.165, 1.54) is 0 Å². The van der Waals surface area contributed by atoms with Crippen molar-refractivity contribution in [3.8, 4) is 0 Å². The van der Waals surface area contributed by atoms with E-state index >= 15 is 0 Å². The Morgan fingerprint density at radius 1 is 1.44 bits per heavy atom. The van der Waals surface area contributed by atoms with Crippen molar-refractivity contribution in [2.24, 2.45) is 5.92 Å². The van der Waals surface area contributed by atoms with Crippen LogP contribution in [0.5, 0.6) is 0 Å². The highest BCUT2D eigenvalue weighted by molar-refractivity contribution is 9.10. The van der Waals surface area contributed by atoms with Gasteiger partial charge in [-0.25, -0.2) is 0 Å². The maximum Gasteiger partial charge on any atom is 0.224 e. The summed E-state index contributed by atoms with van der Waals surface area (Å²) in [5.41, 5.74) is 1.12. The van der Waals surface area contributed by atoms with Crippen molar-refractivity contribution in [3.63, 3.8) is 0 Å². The Balaban J connectivity index is 0.00000162. The molecular weight excluding hydrogens is 316 g/mol. The van der Waals surface area contributed by atoms with Crippen molar-refractivity contribution in [1.29, 1.82) is 0 Å². The molecule has 0 radical (unpaired) electrons. The number of benzene rings is 1. The number of amides is 1. The summed E-state index contributed by atoms with van der Waals surface area (Å²) in [6, 6.07) is 7.96. The van der Waals surface area contributed by atoms with Crippen molar-refractivity contribution < 1.29 is 4.79 Å². The predicted molar refractivity (Wildman–Crippen MR) is 78.8 cm³/mol. The first-order chi connectivity index (χ1) is 8.27. The second-order valence-corrected chi connectivity index (χ2v) is 5.21. The molecule has 2 N–H and O–H groups in total. The fourth-order valence-electron chi connectivity index (χ4n) is 2.04. The Morgan fingerprint density at radius 2 is 2.22 bits per heavy atom. The first-order valence-corrected chi connectivity index (χ1v) is 6.78. The van der Waals surface area contributed by atoms with E-state index in [0.29, 0.717) is 6.54 Å². The fraction of sp³-hybridized carbons (Fsp3) is 0.462. The summed E-state index contributed by atoms with van der Waals surface area (Å²) in [6.07, 6.45) is 2.09. The first-order valence-electron chi connectivity index (χ1n) is 5.99. The number of hydrogen-bond donors (Lipinski definition) is 2. The Morgan fingerprint density at radius 3 is 2.89 bits per heavy atom. The lowest BCUT2D eigenvalue weighted by Gasteiger charge is -2.22. The second kappa shape index (κ2) is 7.77. The SMILES string of the molecule is Cl.O=C(NCc1ccccc1Br)[C@@H]1CCCNC1. The summed E-state index contributed by atoms with van der Waals surface area (Å²) in [5, 5.41) is 6.26. The topological polar surface area (TPSA) is 41.1 Å². The summed E-state index contributed by atoms with van der Waals surface area (Å²) in [6.45, 7) is 2.44. The molecule has 100 valence electrons. The van der Waals surface area contributed by atoms with Crippen LogP contribution in [0.3, 0.4) is 0 Å². The summed E-state index contributed by atoms with van der Waals surface area (Å²) >= 11 is 3.48. The van der Waals surface area contributed by atoms with Crippen LogP contribution in [-0.2, 0) is 11.3 Å². The molecule has 0 spiro atoms. The average molecular weight is 334 g/mol. The van der Waals surface area contributed by atoms with E-state index in [-0.39, 0.29) is 24.2 Å². The normalized spacial score (nSPS) is 18.8. The Labute approximate surface area is 122 Å². The molecule has 18 heavy (non-hydrogen) atoms. The van der Waals surface area contributed by atoms with Crippen molar-refractivity contribution in [2.75, 3.05) is 13.1 Å². The molecule has 1 atom stereocenters. The summed E-state index contributed by atoms with van der Waals surface area (Å²) in [7, 11) is 0. The molecular formula is C13H18BrClN2O. The van der Waals surface area contributed by atoms with E-state index in [0.717, 1.165) is 36.0 Å². The van der Waals surface area contributed by atoms with Crippen LogP contribution in [0, 0.1) is 5.92 Å². The largest absolute Gasteiger partial charge is 0.352 e. The van der Waals surface area contributed by atoms with Gasteiger partial charge >= 0.3 is 0 Å². The number of hydrogen-bond acceptors (Lipinski definition) is 2. The smallest absolute Gasteiger partial charge is 0.224 e. The third-order valence-corrected chi connectivity index (χ3v) is 3.85. The van der Waals surface area contributed by atoms with Gasteiger partial charge in [0.25, 0.3) is 0 Å². The molecule has 1 fully saturated rings. The van der Waals surface area contributed by atoms with Crippen LogP contribution in [0.15, 0.2) is 28.7 Å². The third kappa shape index (κ3) is 4.26.